The third-order valence-electron chi connectivity index (χ3n) is 4.04. The van der Waals surface area contributed by atoms with Crippen molar-refractivity contribution < 1.29 is 9.18 Å². The van der Waals surface area contributed by atoms with Crippen LogP contribution in [0.15, 0.2) is 34.2 Å². The third-order valence-corrected chi connectivity index (χ3v) is 5.13. The van der Waals surface area contributed by atoms with Gasteiger partial charge in [-0.15, -0.1) is 11.8 Å². The molecule has 1 heterocycles. The Morgan fingerprint density at radius 1 is 1.20 bits per heavy atom. The van der Waals surface area contributed by atoms with Crippen LogP contribution in [-0.4, -0.2) is 55.7 Å². The molecule has 0 atom stereocenters. The van der Waals surface area contributed by atoms with Crippen molar-refractivity contribution in [2.24, 2.45) is 4.99 Å². The molecule has 0 saturated carbocycles. The Labute approximate surface area is 153 Å². The van der Waals surface area contributed by atoms with Crippen molar-refractivity contribution in [2.45, 2.75) is 30.6 Å². The SMILES string of the molecule is CN=C(NCCCSc1ccc(F)cc1)NCC(=O)N1CCCCC1. The van der Waals surface area contributed by atoms with E-state index in [0.717, 1.165) is 49.5 Å². The van der Waals surface area contributed by atoms with Gasteiger partial charge in [-0.2, -0.15) is 0 Å². The van der Waals surface area contributed by atoms with E-state index >= 15 is 0 Å². The van der Waals surface area contributed by atoms with E-state index in [2.05, 4.69) is 15.6 Å². The summed E-state index contributed by atoms with van der Waals surface area (Å²) in [6, 6.07) is 6.54. The normalized spacial score (nSPS) is 15.1. The number of carbonyl (C=O) groups excluding carboxylic acids is 1. The number of guanidine groups is 1. The lowest BCUT2D eigenvalue weighted by atomic mass is 10.1. The van der Waals surface area contributed by atoms with Crippen molar-refractivity contribution >= 4 is 23.6 Å². The summed E-state index contributed by atoms with van der Waals surface area (Å²) in [6.07, 6.45) is 4.37. The topological polar surface area (TPSA) is 56.7 Å². The van der Waals surface area contributed by atoms with Crippen LogP contribution in [-0.2, 0) is 4.79 Å². The number of hydrogen-bond acceptors (Lipinski definition) is 3. The average molecular weight is 367 g/mol. The molecule has 25 heavy (non-hydrogen) atoms. The summed E-state index contributed by atoms with van der Waals surface area (Å²) in [5.41, 5.74) is 0. The highest BCUT2D eigenvalue weighted by atomic mass is 32.2. The van der Waals surface area contributed by atoms with E-state index in [4.69, 9.17) is 0 Å². The number of amides is 1. The maximum atomic E-state index is 12.8. The molecule has 0 radical (unpaired) electrons. The van der Waals surface area contributed by atoms with Crippen molar-refractivity contribution in [1.82, 2.24) is 15.5 Å². The van der Waals surface area contributed by atoms with E-state index in [1.54, 1.807) is 30.9 Å². The Bertz CT molecular complexity index is 559. The molecule has 1 aliphatic heterocycles. The Morgan fingerprint density at radius 2 is 1.92 bits per heavy atom. The fourth-order valence-electron chi connectivity index (χ4n) is 2.63. The van der Waals surface area contributed by atoms with Crippen LogP contribution in [0.2, 0.25) is 0 Å². The minimum Gasteiger partial charge on any atom is -0.356 e. The van der Waals surface area contributed by atoms with Gasteiger partial charge in [-0.05, 0) is 55.7 Å². The minimum atomic E-state index is -0.208. The van der Waals surface area contributed by atoms with Crippen LogP contribution in [0.25, 0.3) is 0 Å². The first-order chi connectivity index (χ1) is 12.2. The Hall–Kier alpha value is -1.76. The molecular formula is C18H27FN4OS. The summed E-state index contributed by atoms with van der Waals surface area (Å²) in [6.45, 7) is 2.79. The van der Waals surface area contributed by atoms with Gasteiger partial charge in [-0.3, -0.25) is 9.79 Å². The van der Waals surface area contributed by atoms with Gasteiger partial charge in [0.05, 0.1) is 6.54 Å². The van der Waals surface area contributed by atoms with Crippen molar-refractivity contribution in [3.8, 4) is 0 Å². The van der Waals surface area contributed by atoms with Gasteiger partial charge < -0.3 is 15.5 Å². The van der Waals surface area contributed by atoms with Gasteiger partial charge >= 0.3 is 0 Å². The molecule has 2 N–H and O–H groups in total. The Balaban J connectivity index is 1.58. The third kappa shape index (κ3) is 7.34. The van der Waals surface area contributed by atoms with Crippen molar-refractivity contribution in [2.75, 3.05) is 39.0 Å². The number of carbonyl (C=O) groups is 1. The maximum Gasteiger partial charge on any atom is 0.241 e. The number of nitrogens with zero attached hydrogens (tertiary/aromatic N) is 2. The molecular weight excluding hydrogens is 339 g/mol. The molecule has 7 heteroatoms. The summed E-state index contributed by atoms with van der Waals surface area (Å²) in [5.74, 6) is 1.51. The zero-order chi connectivity index (χ0) is 17.9. The molecule has 2 rings (SSSR count). The fourth-order valence-corrected chi connectivity index (χ4v) is 3.49. The number of thioether (sulfide) groups is 1. The fraction of sp³-hybridized carbons (Fsp3) is 0.556. The van der Waals surface area contributed by atoms with Crippen LogP contribution in [0.1, 0.15) is 25.7 Å². The molecule has 0 unspecified atom stereocenters. The second-order valence-corrected chi connectivity index (χ2v) is 7.12. The highest BCUT2D eigenvalue weighted by molar-refractivity contribution is 7.99. The molecule has 1 amide bonds. The van der Waals surface area contributed by atoms with Crippen molar-refractivity contribution in [3.63, 3.8) is 0 Å². The van der Waals surface area contributed by atoms with Crippen LogP contribution in [0, 0.1) is 5.82 Å². The molecule has 1 aromatic rings. The van der Waals surface area contributed by atoms with Crippen LogP contribution in [0.4, 0.5) is 4.39 Å². The molecule has 1 aliphatic rings. The minimum absolute atomic E-state index is 0.134. The standard InChI is InChI=1S/C18H27FN4OS/c1-20-18(22-14-17(24)23-11-3-2-4-12-23)21-10-5-13-25-16-8-6-15(19)7-9-16/h6-9H,2-5,10-14H2,1H3,(H2,20,21,22). The van der Waals surface area contributed by atoms with Gasteiger partial charge in [-0.1, -0.05) is 0 Å². The molecule has 0 bridgehead atoms. The zero-order valence-electron chi connectivity index (χ0n) is 14.8. The highest BCUT2D eigenvalue weighted by Gasteiger charge is 2.16. The molecule has 138 valence electrons. The summed E-state index contributed by atoms with van der Waals surface area (Å²) in [7, 11) is 1.70. The largest absolute Gasteiger partial charge is 0.356 e. The number of benzene rings is 1. The molecule has 1 aromatic carbocycles. The predicted octanol–water partition coefficient (Wildman–Crippen LogP) is 2.49. The van der Waals surface area contributed by atoms with E-state index in [1.807, 2.05) is 4.90 Å². The van der Waals surface area contributed by atoms with Gasteiger partial charge in [0, 0.05) is 31.6 Å². The number of halogens is 1. The lowest BCUT2D eigenvalue weighted by Crippen LogP contribution is -2.46. The number of hydrogen-bond donors (Lipinski definition) is 2. The van der Waals surface area contributed by atoms with Crippen molar-refractivity contribution in [3.05, 3.63) is 30.1 Å². The van der Waals surface area contributed by atoms with E-state index in [1.165, 1.54) is 18.6 Å². The second-order valence-electron chi connectivity index (χ2n) is 5.95. The van der Waals surface area contributed by atoms with Gasteiger partial charge in [0.2, 0.25) is 5.91 Å². The van der Waals surface area contributed by atoms with Crippen LogP contribution in [0.3, 0.4) is 0 Å². The molecule has 0 spiro atoms. The zero-order valence-corrected chi connectivity index (χ0v) is 15.6. The molecule has 1 saturated heterocycles. The monoisotopic (exact) mass is 366 g/mol. The van der Waals surface area contributed by atoms with E-state index in [-0.39, 0.29) is 18.3 Å². The number of rotatable bonds is 7. The molecule has 0 aliphatic carbocycles. The number of nitrogens with one attached hydrogen (secondary N) is 2. The average Bonchev–Trinajstić information content (AvgIpc) is 2.66. The van der Waals surface area contributed by atoms with Gasteiger partial charge in [0.1, 0.15) is 5.82 Å². The first-order valence-electron chi connectivity index (χ1n) is 8.79. The quantitative estimate of drug-likeness (QED) is 0.337. The summed E-state index contributed by atoms with van der Waals surface area (Å²) >= 11 is 1.70. The first-order valence-corrected chi connectivity index (χ1v) is 9.78. The lowest BCUT2D eigenvalue weighted by Gasteiger charge is -2.27. The van der Waals surface area contributed by atoms with Crippen molar-refractivity contribution in [1.29, 1.82) is 0 Å². The predicted molar refractivity (Wildman–Crippen MR) is 102 cm³/mol. The number of likely N-dealkylation sites (tertiary alicyclic amines) is 1. The second kappa shape index (κ2) is 11.0. The van der Waals surface area contributed by atoms with Crippen LogP contribution >= 0.6 is 11.8 Å². The van der Waals surface area contributed by atoms with E-state index in [0.29, 0.717) is 5.96 Å². The summed E-state index contributed by atoms with van der Waals surface area (Å²) in [5, 5.41) is 6.30. The van der Waals surface area contributed by atoms with E-state index in [9.17, 15) is 9.18 Å². The highest BCUT2D eigenvalue weighted by Crippen LogP contribution is 2.18. The molecule has 5 nitrogen and oxygen atoms in total. The molecule has 1 fully saturated rings. The lowest BCUT2D eigenvalue weighted by molar-refractivity contribution is -0.130. The smallest absolute Gasteiger partial charge is 0.241 e. The van der Waals surface area contributed by atoms with Gasteiger partial charge in [0.25, 0.3) is 0 Å². The Morgan fingerprint density at radius 3 is 2.60 bits per heavy atom. The number of aliphatic imine (C=N–C) groups is 1. The maximum absolute atomic E-state index is 12.8. The van der Waals surface area contributed by atoms with Crippen LogP contribution in [0.5, 0.6) is 0 Å². The van der Waals surface area contributed by atoms with Crippen LogP contribution < -0.4 is 10.6 Å². The summed E-state index contributed by atoms with van der Waals surface area (Å²) in [4.78, 5) is 19.3. The first kappa shape index (κ1) is 19.6. The number of piperidine rings is 1. The van der Waals surface area contributed by atoms with E-state index < -0.39 is 0 Å². The Kier molecular flexibility index (Phi) is 8.59. The van der Waals surface area contributed by atoms with Gasteiger partial charge in [-0.25, -0.2) is 4.39 Å². The molecule has 0 aromatic heterocycles. The van der Waals surface area contributed by atoms with Gasteiger partial charge in [0.15, 0.2) is 5.96 Å². The summed E-state index contributed by atoms with van der Waals surface area (Å²) < 4.78 is 12.8.